The highest BCUT2D eigenvalue weighted by Gasteiger charge is 2.16. The van der Waals surface area contributed by atoms with Crippen molar-refractivity contribution in [3.05, 3.63) is 0 Å². The number of nitrogens with one attached hydrogen (secondary N) is 4. The molecule has 0 aliphatic carbocycles. The van der Waals surface area contributed by atoms with Gasteiger partial charge in [-0.25, -0.2) is 15.0 Å². The van der Waals surface area contributed by atoms with Gasteiger partial charge in [0.05, 0.1) is 0 Å². The maximum absolute atomic E-state index is 11.6. The Morgan fingerprint density at radius 1 is 1.13 bits per heavy atom. The molecule has 0 rings (SSSR count). The Hall–Kier alpha value is -1.97. The number of carbonyl (C=O) groups excluding carboxylic acids is 3. The van der Waals surface area contributed by atoms with E-state index in [-0.39, 0.29) is 17.6 Å². The maximum Gasteiger partial charge on any atom is 0.428 e. The Labute approximate surface area is 140 Å². The summed E-state index contributed by atoms with van der Waals surface area (Å²) in [5, 5.41) is 11.6. The second kappa shape index (κ2) is 10.7. The van der Waals surface area contributed by atoms with Gasteiger partial charge in [-0.2, -0.15) is 0 Å². The number of ether oxygens (including phenoxy) is 1. The zero-order valence-corrected chi connectivity index (χ0v) is 14.9. The van der Waals surface area contributed by atoms with Crippen LogP contribution in [0.15, 0.2) is 5.10 Å². The van der Waals surface area contributed by atoms with Crippen molar-refractivity contribution < 1.29 is 19.1 Å². The number of hydrogen-bond acceptors (Lipinski definition) is 6. The summed E-state index contributed by atoms with van der Waals surface area (Å²) in [6.07, 6.45) is 1.37. The first kappa shape index (κ1) is 21.0. The second-order valence-electron chi connectivity index (χ2n) is 5.32. The molecule has 9 nitrogen and oxygen atoms in total. The fourth-order valence-electron chi connectivity index (χ4n) is 1.17. The minimum atomic E-state index is -0.714. The molecule has 4 N–H and O–H groups in total. The summed E-state index contributed by atoms with van der Waals surface area (Å²) in [7, 11) is 0. The molecular formula is C13H25N5O4S. The third kappa shape index (κ3) is 12.3. The SMILES string of the molecule is CCC(=O)NCCNC(=O)NC(=NNC(=O)OC(C)(C)C)SC. The van der Waals surface area contributed by atoms with E-state index < -0.39 is 17.7 Å². The Kier molecular flexibility index (Phi) is 9.79. The van der Waals surface area contributed by atoms with Crippen molar-refractivity contribution in [1.29, 1.82) is 0 Å². The molecule has 0 fully saturated rings. The maximum atomic E-state index is 11.6. The Morgan fingerprint density at radius 2 is 1.74 bits per heavy atom. The number of rotatable bonds is 5. The largest absolute Gasteiger partial charge is 0.443 e. The lowest BCUT2D eigenvalue weighted by atomic mass is 10.2. The average molecular weight is 347 g/mol. The zero-order valence-electron chi connectivity index (χ0n) is 14.1. The van der Waals surface area contributed by atoms with E-state index in [1.807, 2.05) is 0 Å². The van der Waals surface area contributed by atoms with Gasteiger partial charge in [0, 0.05) is 19.5 Å². The monoisotopic (exact) mass is 347 g/mol. The zero-order chi connectivity index (χ0) is 17.9. The Balaban J connectivity index is 4.16. The molecule has 0 radical (unpaired) electrons. The average Bonchev–Trinajstić information content (AvgIpc) is 2.45. The van der Waals surface area contributed by atoms with Gasteiger partial charge < -0.3 is 15.4 Å². The van der Waals surface area contributed by atoms with Crippen molar-refractivity contribution in [1.82, 2.24) is 21.4 Å². The van der Waals surface area contributed by atoms with Gasteiger partial charge in [0.2, 0.25) is 5.91 Å². The molecule has 0 bridgehead atoms. The van der Waals surface area contributed by atoms with Gasteiger partial charge in [-0.3, -0.25) is 10.1 Å². The van der Waals surface area contributed by atoms with Crippen LogP contribution in [-0.4, -0.2) is 48.1 Å². The predicted octanol–water partition coefficient (Wildman–Crippen LogP) is 0.970. The number of thioether (sulfide) groups is 1. The van der Waals surface area contributed by atoms with E-state index in [0.717, 1.165) is 11.8 Å². The van der Waals surface area contributed by atoms with Gasteiger partial charge in [-0.1, -0.05) is 18.7 Å². The van der Waals surface area contributed by atoms with E-state index in [0.29, 0.717) is 13.0 Å². The van der Waals surface area contributed by atoms with Gasteiger partial charge in [-0.05, 0) is 27.0 Å². The summed E-state index contributed by atoms with van der Waals surface area (Å²) in [4.78, 5) is 34.1. The van der Waals surface area contributed by atoms with Crippen molar-refractivity contribution in [3.63, 3.8) is 0 Å². The molecule has 0 aromatic heterocycles. The molecule has 10 heteroatoms. The molecule has 4 amide bonds. The van der Waals surface area contributed by atoms with Crippen LogP contribution in [0.25, 0.3) is 0 Å². The van der Waals surface area contributed by atoms with Crippen molar-refractivity contribution in [2.75, 3.05) is 19.3 Å². The second-order valence-corrected chi connectivity index (χ2v) is 6.11. The van der Waals surface area contributed by atoms with Gasteiger partial charge >= 0.3 is 12.1 Å². The van der Waals surface area contributed by atoms with Crippen molar-refractivity contribution in [2.24, 2.45) is 5.10 Å². The van der Waals surface area contributed by atoms with E-state index in [1.165, 1.54) is 0 Å². The number of amidine groups is 1. The fourth-order valence-corrected chi connectivity index (χ4v) is 1.50. The highest BCUT2D eigenvalue weighted by Crippen LogP contribution is 2.06. The normalized spacial score (nSPS) is 11.4. The number of hydrazone groups is 1. The van der Waals surface area contributed by atoms with Crippen molar-refractivity contribution in [2.45, 2.75) is 39.7 Å². The summed E-state index contributed by atoms with van der Waals surface area (Å²) in [6, 6.07) is -0.491. The number of carbonyl (C=O) groups is 3. The highest BCUT2D eigenvalue weighted by atomic mass is 32.2. The van der Waals surface area contributed by atoms with Crippen LogP contribution in [0.4, 0.5) is 9.59 Å². The number of hydrogen-bond donors (Lipinski definition) is 4. The van der Waals surface area contributed by atoms with E-state index in [1.54, 1.807) is 34.0 Å². The molecule has 0 heterocycles. The lowest BCUT2D eigenvalue weighted by Crippen LogP contribution is -2.42. The molecule has 0 aliphatic rings. The van der Waals surface area contributed by atoms with Crippen LogP contribution in [0.5, 0.6) is 0 Å². The summed E-state index contributed by atoms with van der Waals surface area (Å²) in [6.45, 7) is 7.55. The van der Waals surface area contributed by atoms with Crippen LogP contribution in [0.3, 0.4) is 0 Å². The molecule has 0 spiro atoms. The number of amides is 4. The highest BCUT2D eigenvalue weighted by molar-refractivity contribution is 8.13. The van der Waals surface area contributed by atoms with Crippen LogP contribution in [0.1, 0.15) is 34.1 Å². The Bertz CT molecular complexity index is 448. The van der Waals surface area contributed by atoms with Crippen LogP contribution >= 0.6 is 11.8 Å². The molecule has 0 atom stereocenters. The topological polar surface area (TPSA) is 121 Å². The summed E-state index contributed by atoms with van der Waals surface area (Å²) < 4.78 is 5.02. The fraction of sp³-hybridized carbons (Fsp3) is 0.692. The van der Waals surface area contributed by atoms with E-state index in [2.05, 4.69) is 26.5 Å². The first-order valence-corrected chi connectivity index (χ1v) is 8.32. The standard InChI is InChI=1S/C13H25N5O4S/c1-6-9(19)14-7-8-15-10(20)16-11(23-5)17-18-12(21)22-13(2,3)4/h6-8H2,1-5H3,(H,14,19)(H,18,21)(H2,15,16,17,20). The molecule has 0 saturated heterocycles. The quantitative estimate of drug-likeness (QED) is 0.256. The summed E-state index contributed by atoms with van der Waals surface area (Å²) in [5.41, 5.74) is 1.56. The number of nitrogens with zero attached hydrogens (tertiary/aromatic N) is 1. The first-order chi connectivity index (χ1) is 10.7. The van der Waals surface area contributed by atoms with Crippen LogP contribution in [0, 0.1) is 0 Å². The molecule has 23 heavy (non-hydrogen) atoms. The van der Waals surface area contributed by atoms with Gasteiger partial charge in [-0.15, -0.1) is 5.10 Å². The molecular weight excluding hydrogens is 322 g/mol. The lowest BCUT2D eigenvalue weighted by Gasteiger charge is -2.18. The molecule has 0 aromatic carbocycles. The van der Waals surface area contributed by atoms with Gasteiger partial charge in [0.15, 0.2) is 5.17 Å². The van der Waals surface area contributed by atoms with Crippen LogP contribution in [0.2, 0.25) is 0 Å². The lowest BCUT2D eigenvalue weighted by molar-refractivity contribution is -0.120. The first-order valence-electron chi connectivity index (χ1n) is 7.10. The van der Waals surface area contributed by atoms with Crippen LogP contribution in [-0.2, 0) is 9.53 Å². The smallest absolute Gasteiger partial charge is 0.428 e. The Morgan fingerprint density at radius 3 is 2.26 bits per heavy atom. The third-order valence-corrected chi connectivity index (χ3v) is 2.70. The van der Waals surface area contributed by atoms with Crippen molar-refractivity contribution >= 4 is 35.0 Å². The van der Waals surface area contributed by atoms with E-state index >= 15 is 0 Å². The molecule has 0 aromatic rings. The summed E-state index contributed by atoms with van der Waals surface area (Å²) in [5.74, 6) is -0.0832. The van der Waals surface area contributed by atoms with Gasteiger partial charge in [0.1, 0.15) is 5.60 Å². The van der Waals surface area contributed by atoms with Crippen molar-refractivity contribution in [3.8, 4) is 0 Å². The molecule has 0 saturated carbocycles. The molecule has 132 valence electrons. The predicted molar refractivity (Wildman–Crippen MR) is 90.2 cm³/mol. The van der Waals surface area contributed by atoms with E-state index in [4.69, 9.17) is 4.74 Å². The summed E-state index contributed by atoms with van der Waals surface area (Å²) >= 11 is 1.14. The molecule has 0 aliphatic heterocycles. The third-order valence-electron chi connectivity index (χ3n) is 2.12. The van der Waals surface area contributed by atoms with Crippen LogP contribution < -0.4 is 21.4 Å². The number of urea groups is 1. The molecule has 0 unspecified atom stereocenters. The minimum absolute atomic E-state index is 0.0832. The van der Waals surface area contributed by atoms with Gasteiger partial charge in [0.25, 0.3) is 0 Å². The minimum Gasteiger partial charge on any atom is -0.443 e. The van der Waals surface area contributed by atoms with E-state index in [9.17, 15) is 14.4 Å².